The third-order valence-electron chi connectivity index (χ3n) is 3.08. The monoisotopic (exact) mass is 286 g/mol. The summed E-state index contributed by atoms with van der Waals surface area (Å²) in [4.78, 5) is 23.2. The number of aryl methyl sites for hydroxylation is 3. The highest BCUT2D eigenvalue weighted by Crippen LogP contribution is 2.21. The Hall–Kier alpha value is -2.56. The van der Waals surface area contributed by atoms with Gasteiger partial charge in [0.15, 0.2) is 0 Å². The fourth-order valence-corrected chi connectivity index (χ4v) is 2.13. The molecule has 0 fully saturated rings. The molecule has 0 bridgehead atoms. The maximum Gasteiger partial charge on any atom is 0.259 e. The standard InChI is InChI=1S/C16H18N2O3/c1-9-7-13(5-6-15(9)17-12(4)19)18-16(20)14-8-10(2)21-11(14)3/h5-8H,1-4H3,(H,17,19)(H,18,20). The van der Waals surface area contributed by atoms with Crippen LogP contribution in [0, 0.1) is 20.8 Å². The predicted molar refractivity (Wildman–Crippen MR) is 81.6 cm³/mol. The van der Waals surface area contributed by atoms with Crippen LogP contribution in [0.4, 0.5) is 11.4 Å². The summed E-state index contributed by atoms with van der Waals surface area (Å²) in [6.45, 7) is 6.89. The number of hydrogen-bond acceptors (Lipinski definition) is 3. The zero-order valence-electron chi connectivity index (χ0n) is 12.5. The highest BCUT2D eigenvalue weighted by molar-refractivity contribution is 6.05. The van der Waals surface area contributed by atoms with E-state index in [1.165, 1.54) is 6.92 Å². The molecule has 5 nitrogen and oxygen atoms in total. The van der Waals surface area contributed by atoms with Gasteiger partial charge in [0.1, 0.15) is 11.5 Å². The van der Waals surface area contributed by atoms with Crippen LogP contribution in [0.1, 0.15) is 34.4 Å². The average Bonchev–Trinajstić information content (AvgIpc) is 2.71. The van der Waals surface area contributed by atoms with E-state index in [1.54, 1.807) is 32.0 Å². The van der Waals surface area contributed by atoms with E-state index in [2.05, 4.69) is 10.6 Å². The van der Waals surface area contributed by atoms with E-state index < -0.39 is 0 Å². The van der Waals surface area contributed by atoms with Gasteiger partial charge in [-0.25, -0.2) is 0 Å². The lowest BCUT2D eigenvalue weighted by Crippen LogP contribution is -2.13. The van der Waals surface area contributed by atoms with Crippen LogP contribution in [0.5, 0.6) is 0 Å². The molecule has 0 spiro atoms. The summed E-state index contributed by atoms with van der Waals surface area (Å²) in [6.07, 6.45) is 0. The van der Waals surface area contributed by atoms with Crippen molar-refractivity contribution in [3.8, 4) is 0 Å². The molecular formula is C16H18N2O3. The SMILES string of the molecule is CC(=O)Nc1ccc(NC(=O)c2cc(C)oc2C)cc1C. The smallest absolute Gasteiger partial charge is 0.259 e. The van der Waals surface area contributed by atoms with Gasteiger partial charge < -0.3 is 15.1 Å². The first kappa shape index (κ1) is 14.8. The maximum atomic E-state index is 12.2. The van der Waals surface area contributed by atoms with Crippen molar-refractivity contribution in [2.24, 2.45) is 0 Å². The summed E-state index contributed by atoms with van der Waals surface area (Å²) in [7, 11) is 0. The number of carbonyl (C=O) groups is 2. The summed E-state index contributed by atoms with van der Waals surface area (Å²) in [6, 6.07) is 7.03. The summed E-state index contributed by atoms with van der Waals surface area (Å²) in [5.41, 5.74) is 2.81. The van der Waals surface area contributed by atoms with Gasteiger partial charge >= 0.3 is 0 Å². The van der Waals surface area contributed by atoms with E-state index in [1.807, 2.05) is 13.0 Å². The van der Waals surface area contributed by atoms with Crippen molar-refractivity contribution in [3.63, 3.8) is 0 Å². The molecule has 1 heterocycles. The lowest BCUT2D eigenvalue weighted by atomic mass is 10.1. The molecule has 1 aromatic carbocycles. The van der Waals surface area contributed by atoms with Crippen molar-refractivity contribution in [1.82, 2.24) is 0 Å². The van der Waals surface area contributed by atoms with E-state index in [-0.39, 0.29) is 11.8 Å². The van der Waals surface area contributed by atoms with Crippen molar-refractivity contribution in [2.75, 3.05) is 10.6 Å². The van der Waals surface area contributed by atoms with Gasteiger partial charge in [-0.3, -0.25) is 9.59 Å². The van der Waals surface area contributed by atoms with Gasteiger partial charge in [0.25, 0.3) is 5.91 Å². The topological polar surface area (TPSA) is 71.3 Å². The largest absolute Gasteiger partial charge is 0.466 e. The van der Waals surface area contributed by atoms with E-state index >= 15 is 0 Å². The minimum atomic E-state index is -0.212. The summed E-state index contributed by atoms with van der Waals surface area (Å²) in [5.74, 6) is 0.960. The number of furan rings is 1. The van der Waals surface area contributed by atoms with Crippen LogP contribution < -0.4 is 10.6 Å². The molecule has 0 aliphatic rings. The first-order valence-corrected chi connectivity index (χ1v) is 6.63. The van der Waals surface area contributed by atoms with Crippen molar-refractivity contribution in [2.45, 2.75) is 27.7 Å². The van der Waals surface area contributed by atoms with Gasteiger partial charge in [0.2, 0.25) is 5.91 Å². The molecule has 2 N–H and O–H groups in total. The van der Waals surface area contributed by atoms with Gasteiger partial charge in [0, 0.05) is 18.3 Å². The fourth-order valence-electron chi connectivity index (χ4n) is 2.13. The second kappa shape index (κ2) is 5.83. The minimum absolute atomic E-state index is 0.126. The van der Waals surface area contributed by atoms with Crippen LogP contribution in [-0.4, -0.2) is 11.8 Å². The Bertz CT molecular complexity index is 702. The lowest BCUT2D eigenvalue weighted by molar-refractivity contribution is -0.114. The summed E-state index contributed by atoms with van der Waals surface area (Å²) >= 11 is 0. The normalized spacial score (nSPS) is 10.3. The van der Waals surface area contributed by atoms with Crippen LogP contribution in [0.3, 0.4) is 0 Å². The molecule has 0 saturated carbocycles. The molecule has 0 atom stereocenters. The van der Waals surface area contributed by atoms with Crippen LogP contribution in [0.25, 0.3) is 0 Å². The summed E-state index contributed by atoms with van der Waals surface area (Å²) < 4.78 is 5.35. The molecule has 0 aliphatic heterocycles. The van der Waals surface area contributed by atoms with Gasteiger partial charge in [-0.05, 0) is 50.6 Å². The number of carbonyl (C=O) groups excluding carboxylic acids is 2. The molecule has 0 unspecified atom stereocenters. The summed E-state index contributed by atoms with van der Waals surface area (Å²) in [5, 5.41) is 5.55. The molecule has 1 aromatic heterocycles. The van der Waals surface area contributed by atoms with Crippen LogP contribution in [-0.2, 0) is 4.79 Å². The van der Waals surface area contributed by atoms with Crippen molar-refractivity contribution in [1.29, 1.82) is 0 Å². The molecule has 2 amide bonds. The zero-order chi connectivity index (χ0) is 15.6. The molecular weight excluding hydrogens is 268 g/mol. The average molecular weight is 286 g/mol. The van der Waals surface area contributed by atoms with Crippen molar-refractivity contribution >= 4 is 23.2 Å². The lowest BCUT2D eigenvalue weighted by Gasteiger charge is -2.10. The van der Waals surface area contributed by atoms with Gasteiger partial charge in [-0.15, -0.1) is 0 Å². The number of benzene rings is 1. The van der Waals surface area contributed by atoms with Gasteiger partial charge in [0.05, 0.1) is 5.56 Å². The van der Waals surface area contributed by atoms with Crippen molar-refractivity contribution < 1.29 is 14.0 Å². The number of hydrogen-bond donors (Lipinski definition) is 2. The Morgan fingerprint density at radius 1 is 1.05 bits per heavy atom. The highest BCUT2D eigenvalue weighted by atomic mass is 16.3. The zero-order valence-corrected chi connectivity index (χ0v) is 12.5. The molecule has 0 radical (unpaired) electrons. The first-order valence-electron chi connectivity index (χ1n) is 6.63. The Morgan fingerprint density at radius 2 is 1.76 bits per heavy atom. The first-order chi connectivity index (χ1) is 9.86. The Labute approximate surface area is 123 Å². The van der Waals surface area contributed by atoms with Gasteiger partial charge in [-0.2, -0.15) is 0 Å². The molecule has 110 valence electrons. The quantitative estimate of drug-likeness (QED) is 0.908. The van der Waals surface area contributed by atoms with E-state index in [4.69, 9.17) is 4.42 Å². The van der Waals surface area contributed by atoms with Crippen LogP contribution in [0.2, 0.25) is 0 Å². The molecule has 5 heteroatoms. The molecule has 0 aliphatic carbocycles. The third-order valence-corrected chi connectivity index (χ3v) is 3.08. The van der Waals surface area contributed by atoms with Crippen LogP contribution in [0.15, 0.2) is 28.7 Å². The Balaban J connectivity index is 2.16. The molecule has 21 heavy (non-hydrogen) atoms. The van der Waals surface area contributed by atoms with Gasteiger partial charge in [-0.1, -0.05) is 0 Å². The molecule has 2 rings (SSSR count). The second-order valence-electron chi connectivity index (χ2n) is 4.99. The van der Waals surface area contributed by atoms with Crippen LogP contribution >= 0.6 is 0 Å². The number of nitrogens with one attached hydrogen (secondary N) is 2. The number of rotatable bonds is 3. The van der Waals surface area contributed by atoms with E-state index in [0.717, 1.165) is 11.3 Å². The second-order valence-corrected chi connectivity index (χ2v) is 4.99. The predicted octanol–water partition coefficient (Wildman–Crippen LogP) is 3.42. The number of amides is 2. The van der Waals surface area contributed by atoms with E-state index in [9.17, 15) is 9.59 Å². The molecule has 2 aromatic rings. The molecule has 0 saturated heterocycles. The third kappa shape index (κ3) is 3.51. The highest BCUT2D eigenvalue weighted by Gasteiger charge is 2.14. The van der Waals surface area contributed by atoms with Crippen molar-refractivity contribution in [3.05, 3.63) is 46.9 Å². The van der Waals surface area contributed by atoms with E-state index in [0.29, 0.717) is 22.8 Å². The fraction of sp³-hybridized carbons (Fsp3) is 0.250. The minimum Gasteiger partial charge on any atom is -0.466 e. The Morgan fingerprint density at radius 3 is 2.29 bits per heavy atom. The Kier molecular flexibility index (Phi) is 4.12. The number of anilines is 2. The maximum absolute atomic E-state index is 12.2.